The number of halogens is 8. The number of hydrogen-bond acceptors (Lipinski definition) is 5. The Bertz CT molecular complexity index is 1110. The van der Waals surface area contributed by atoms with Gasteiger partial charge in [0.1, 0.15) is 5.75 Å². The Morgan fingerprint density at radius 3 is 1.73 bits per heavy atom. The molecule has 7 nitrogen and oxygen atoms in total. The normalized spacial score (nSPS) is 13.6. The van der Waals surface area contributed by atoms with E-state index in [-0.39, 0.29) is 23.4 Å². The van der Waals surface area contributed by atoms with Crippen molar-refractivity contribution < 1.29 is 34.4 Å². The van der Waals surface area contributed by atoms with Gasteiger partial charge in [0.15, 0.2) is 12.4 Å². The molecule has 0 aliphatic heterocycles. The van der Waals surface area contributed by atoms with Gasteiger partial charge in [0.05, 0.1) is 17.9 Å². The fourth-order valence-electron chi connectivity index (χ4n) is 2.40. The molecule has 204 valence electrons. The third kappa shape index (κ3) is 13.2. The van der Waals surface area contributed by atoms with Crippen LogP contribution in [0.4, 0.5) is 0 Å². The Morgan fingerprint density at radius 1 is 0.919 bits per heavy atom. The minimum atomic E-state index is -1.54. The Balaban J connectivity index is 0.000000448. The number of carbonyl (C=O) groups is 2. The number of aliphatic carboxylic acids is 2. The lowest BCUT2D eigenvalue weighted by molar-refractivity contribution is -0.145. The van der Waals surface area contributed by atoms with Crippen LogP contribution in [0.3, 0.4) is 0 Å². The van der Waals surface area contributed by atoms with Gasteiger partial charge in [-0.15, -0.1) is 0 Å². The van der Waals surface area contributed by atoms with E-state index < -0.39 is 17.7 Å². The molecule has 2 rings (SSSR count). The fraction of sp³-hybridized carbons (Fsp3) is 0.273. The average Bonchev–Trinajstić information content (AvgIpc) is 2.75. The summed E-state index contributed by atoms with van der Waals surface area (Å²) < 4.78 is 16.2. The van der Waals surface area contributed by atoms with Gasteiger partial charge < -0.3 is 24.8 Å². The summed E-state index contributed by atoms with van der Waals surface area (Å²) in [5, 5.41) is 28.1. The molecule has 0 amide bonds. The van der Waals surface area contributed by atoms with Crippen molar-refractivity contribution in [3.63, 3.8) is 0 Å². The Labute approximate surface area is 280 Å². The van der Waals surface area contributed by atoms with E-state index >= 15 is 0 Å². The molecule has 0 aromatic heterocycles. The number of carboxylic acid groups (broad SMARTS) is 2. The summed E-state index contributed by atoms with van der Waals surface area (Å²) in [7, 11) is 0. The minimum absolute atomic E-state index is 0.0687. The molecule has 0 radical (unpaired) electrons. The van der Waals surface area contributed by atoms with Crippen LogP contribution in [0.1, 0.15) is 13.3 Å². The standard InChI is InChI=1S/C15H10Br6O3.C7H8Br2O4/c1-15(22,24-14-11(20)4-8(17)5-12(14)21)6-23-13-9(18)2-7(16)3-10(13)19;8-3-5(9)1-4(7(12)13)2-6(10)11/h2-5,22H,6H2,1H3;2,5H,1,3H2,(H,10,11)(H,12,13)/b;4-2+. The molecule has 2 unspecified atom stereocenters. The smallest absolute Gasteiger partial charge is 0.331 e. The topological polar surface area (TPSA) is 113 Å². The highest BCUT2D eigenvalue weighted by atomic mass is 79.9. The van der Waals surface area contributed by atoms with E-state index in [4.69, 9.17) is 19.7 Å². The van der Waals surface area contributed by atoms with Crippen LogP contribution < -0.4 is 9.47 Å². The quantitative estimate of drug-likeness (QED) is 0.124. The van der Waals surface area contributed by atoms with Crippen molar-refractivity contribution in [2.75, 3.05) is 11.9 Å². The zero-order valence-electron chi connectivity index (χ0n) is 18.6. The molecule has 15 heteroatoms. The third-order valence-electron chi connectivity index (χ3n) is 3.91. The number of hydrogen-bond donors (Lipinski definition) is 3. The van der Waals surface area contributed by atoms with Crippen LogP contribution in [0, 0.1) is 0 Å². The predicted molar refractivity (Wildman–Crippen MR) is 170 cm³/mol. The van der Waals surface area contributed by atoms with Gasteiger partial charge in [-0.2, -0.15) is 0 Å². The van der Waals surface area contributed by atoms with E-state index in [9.17, 15) is 14.7 Å². The van der Waals surface area contributed by atoms with E-state index in [1.165, 1.54) is 6.92 Å². The first kappa shape index (κ1) is 35.5. The maximum absolute atomic E-state index is 10.5. The lowest BCUT2D eigenvalue weighted by Gasteiger charge is -2.26. The van der Waals surface area contributed by atoms with Gasteiger partial charge in [-0.25, -0.2) is 9.59 Å². The van der Waals surface area contributed by atoms with Gasteiger partial charge >= 0.3 is 11.9 Å². The second-order valence-corrected chi connectivity index (χ2v) is 14.4. The van der Waals surface area contributed by atoms with Crippen molar-refractivity contribution in [3.05, 3.63) is 62.8 Å². The molecule has 0 saturated heterocycles. The molecule has 37 heavy (non-hydrogen) atoms. The molecule has 0 bridgehead atoms. The van der Waals surface area contributed by atoms with Crippen molar-refractivity contribution in [2.45, 2.75) is 24.0 Å². The highest BCUT2D eigenvalue weighted by Crippen LogP contribution is 2.39. The molecule has 0 spiro atoms. The first-order valence-electron chi connectivity index (χ1n) is 9.76. The summed E-state index contributed by atoms with van der Waals surface area (Å²) in [6, 6.07) is 7.38. The number of rotatable bonds is 10. The van der Waals surface area contributed by atoms with E-state index in [0.717, 1.165) is 17.9 Å². The minimum Gasteiger partial charge on any atom is -0.484 e. The molecular weight excluding hydrogens is 1020 g/mol. The Morgan fingerprint density at radius 2 is 1.35 bits per heavy atom. The molecule has 0 aliphatic rings. The first-order chi connectivity index (χ1) is 17.1. The van der Waals surface area contributed by atoms with Crippen molar-refractivity contribution >= 4 is 139 Å². The van der Waals surface area contributed by atoms with Crippen LogP contribution in [0.15, 0.2) is 62.8 Å². The van der Waals surface area contributed by atoms with Gasteiger partial charge in [-0.3, -0.25) is 0 Å². The Kier molecular flexibility index (Phi) is 16.0. The SMILES string of the molecule is CC(O)(COc1c(Br)cc(Br)cc1Br)Oc1c(Br)cc(Br)cc1Br.O=C(O)/C=C(\CC(Br)CBr)C(=O)O. The second-order valence-electron chi connectivity index (χ2n) is 7.23. The van der Waals surface area contributed by atoms with Crippen molar-refractivity contribution in [1.82, 2.24) is 0 Å². The number of ether oxygens (including phenoxy) is 2. The highest BCUT2D eigenvalue weighted by Gasteiger charge is 2.27. The summed E-state index contributed by atoms with van der Waals surface area (Å²) in [5.41, 5.74) is -0.117. The molecule has 0 fully saturated rings. The molecule has 0 aliphatic carbocycles. The average molecular weight is 1030 g/mol. The molecule has 3 N–H and O–H groups in total. The van der Waals surface area contributed by atoms with Crippen LogP contribution in [0.25, 0.3) is 0 Å². The predicted octanol–water partition coefficient (Wildman–Crippen LogP) is 9.06. The van der Waals surface area contributed by atoms with Crippen LogP contribution in [0.5, 0.6) is 11.5 Å². The van der Waals surface area contributed by atoms with Crippen LogP contribution in [-0.4, -0.2) is 49.8 Å². The molecule has 2 atom stereocenters. The summed E-state index contributed by atoms with van der Waals surface area (Å²) in [6.07, 6.45) is 0.881. The van der Waals surface area contributed by atoms with Gasteiger partial charge in [0.2, 0.25) is 5.79 Å². The van der Waals surface area contributed by atoms with Crippen molar-refractivity contribution in [3.8, 4) is 11.5 Å². The van der Waals surface area contributed by atoms with Gasteiger partial charge in [0.25, 0.3) is 0 Å². The first-order valence-corrected chi connectivity index (χ1v) is 16.6. The summed E-state index contributed by atoms with van der Waals surface area (Å²) in [5.74, 6) is -2.92. The molecule has 2 aromatic rings. The summed E-state index contributed by atoms with van der Waals surface area (Å²) in [4.78, 5) is 20.7. The molecule has 2 aromatic carbocycles. The lowest BCUT2D eigenvalue weighted by Crippen LogP contribution is -2.39. The maximum Gasteiger partial charge on any atom is 0.331 e. The maximum atomic E-state index is 10.5. The van der Waals surface area contributed by atoms with Gasteiger partial charge in [0, 0.05) is 37.7 Å². The zero-order chi connectivity index (χ0) is 28.5. The van der Waals surface area contributed by atoms with E-state index in [2.05, 4.69) is 127 Å². The molecule has 0 saturated carbocycles. The van der Waals surface area contributed by atoms with Crippen LogP contribution >= 0.6 is 127 Å². The highest BCUT2D eigenvalue weighted by molar-refractivity contribution is 9.12. The molecular formula is C22H18Br8O7. The van der Waals surface area contributed by atoms with Gasteiger partial charge in [-0.05, 0) is 94.4 Å². The van der Waals surface area contributed by atoms with Crippen LogP contribution in [0.2, 0.25) is 0 Å². The van der Waals surface area contributed by atoms with Crippen LogP contribution in [-0.2, 0) is 9.59 Å². The summed E-state index contributed by atoms with van der Waals surface area (Å²) in [6.45, 7) is 1.47. The van der Waals surface area contributed by atoms with Crippen molar-refractivity contribution in [2.24, 2.45) is 0 Å². The van der Waals surface area contributed by atoms with E-state index in [1.807, 2.05) is 24.3 Å². The largest absolute Gasteiger partial charge is 0.484 e. The number of alkyl halides is 2. The molecule has 0 heterocycles. The number of carboxylic acids is 2. The second kappa shape index (κ2) is 16.7. The van der Waals surface area contributed by atoms with Gasteiger partial charge in [-0.1, -0.05) is 63.7 Å². The van der Waals surface area contributed by atoms with E-state index in [1.54, 1.807) is 0 Å². The number of benzene rings is 2. The zero-order valence-corrected chi connectivity index (χ0v) is 31.3. The lowest BCUT2D eigenvalue weighted by atomic mass is 10.1. The number of aliphatic hydroxyl groups is 1. The van der Waals surface area contributed by atoms with Crippen molar-refractivity contribution in [1.29, 1.82) is 0 Å². The third-order valence-corrected chi connectivity index (χ3v) is 9.48. The fourth-order valence-corrected chi connectivity index (χ4v) is 7.88. The van der Waals surface area contributed by atoms with E-state index in [0.29, 0.717) is 31.9 Å². The summed E-state index contributed by atoms with van der Waals surface area (Å²) >= 11 is 26.8. The monoisotopic (exact) mass is 1030 g/mol. The Hall–Kier alpha value is 0.520.